The standard InChI is InChI=1S/C17H19F2N3O3S/c1-11-9-16(21-12(2)20-11)25-13-5-4-8-22(10-13)26(23,24)17-14(18)6-3-7-15(17)19/h3,6-7,9,13H,4-5,8,10H2,1-2H3. The number of hydrogen-bond acceptors (Lipinski definition) is 5. The van der Waals surface area contributed by atoms with Crippen molar-refractivity contribution in [3.05, 3.63) is 47.4 Å². The van der Waals surface area contributed by atoms with Crippen molar-refractivity contribution in [2.24, 2.45) is 0 Å². The molecule has 9 heteroatoms. The van der Waals surface area contributed by atoms with Crippen LogP contribution in [0.4, 0.5) is 8.78 Å². The van der Waals surface area contributed by atoms with E-state index in [2.05, 4.69) is 9.97 Å². The van der Waals surface area contributed by atoms with Crippen LogP contribution in [0.25, 0.3) is 0 Å². The molecule has 1 aliphatic heterocycles. The van der Waals surface area contributed by atoms with E-state index in [1.165, 1.54) is 0 Å². The summed E-state index contributed by atoms with van der Waals surface area (Å²) in [7, 11) is -4.29. The van der Waals surface area contributed by atoms with E-state index in [1.807, 2.05) is 0 Å². The van der Waals surface area contributed by atoms with Gasteiger partial charge in [0.2, 0.25) is 15.9 Å². The molecule has 0 amide bonds. The third kappa shape index (κ3) is 3.83. The van der Waals surface area contributed by atoms with Gasteiger partial charge in [-0.1, -0.05) is 6.07 Å². The van der Waals surface area contributed by atoms with Gasteiger partial charge in [-0.05, 0) is 38.8 Å². The van der Waals surface area contributed by atoms with Gasteiger partial charge in [-0.3, -0.25) is 0 Å². The number of piperidine rings is 1. The van der Waals surface area contributed by atoms with Crippen LogP contribution in [0.2, 0.25) is 0 Å². The Morgan fingerprint density at radius 1 is 1.19 bits per heavy atom. The third-order valence-corrected chi connectivity index (χ3v) is 6.01. The summed E-state index contributed by atoms with van der Waals surface area (Å²) in [5.41, 5.74) is 0.737. The van der Waals surface area contributed by atoms with Crippen LogP contribution in [0.5, 0.6) is 5.88 Å². The fraction of sp³-hybridized carbons (Fsp3) is 0.412. The Morgan fingerprint density at radius 3 is 2.54 bits per heavy atom. The molecule has 1 aromatic carbocycles. The molecule has 0 bridgehead atoms. The molecular formula is C17H19F2N3O3S. The molecule has 1 atom stereocenters. The van der Waals surface area contributed by atoms with Gasteiger partial charge in [0.05, 0.1) is 6.54 Å². The molecule has 1 aliphatic rings. The molecular weight excluding hydrogens is 364 g/mol. The summed E-state index contributed by atoms with van der Waals surface area (Å²) in [5.74, 6) is -1.30. The van der Waals surface area contributed by atoms with E-state index in [1.54, 1.807) is 19.9 Å². The zero-order chi connectivity index (χ0) is 18.9. The lowest BCUT2D eigenvalue weighted by atomic mass is 10.1. The largest absolute Gasteiger partial charge is 0.473 e. The average molecular weight is 383 g/mol. The lowest BCUT2D eigenvalue weighted by molar-refractivity contribution is 0.124. The fourth-order valence-electron chi connectivity index (χ4n) is 2.99. The first-order chi connectivity index (χ1) is 12.3. The van der Waals surface area contributed by atoms with E-state index in [4.69, 9.17) is 4.74 Å². The Labute approximate surface area is 150 Å². The van der Waals surface area contributed by atoms with Gasteiger partial charge in [0.15, 0.2) is 4.90 Å². The van der Waals surface area contributed by atoms with E-state index < -0.39 is 32.7 Å². The number of hydrogen-bond donors (Lipinski definition) is 0. The highest BCUT2D eigenvalue weighted by atomic mass is 32.2. The summed E-state index contributed by atoms with van der Waals surface area (Å²) >= 11 is 0. The number of sulfonamides is 1. The monoisotopic (exact) mass is 383 g/mol. The third-order valence-electron chi connectivity index (χ3n) is 4.09. The molecule has 1 aromatic heterocycles. The molecule has 6 nitrogen and oxygen atoms in total. The van der Waals surface area contributed by atoms with Crippen LogP contribution in [0.3, 0.4) is 0 Å². The molecule has 0 spiro atoms. The number of aryl methyl sites for hydroxylation is 2. The highest BCUT2D eigenvalue weighted by Crippen LogP contribution is 2.26. The van der Waals surface area contributed by atoms with Gasteiger partial charge in [0.25, 0.3) is 0 Å². The summed E-state index contributed by atoms with van der Waals surface area (Å²) in [6.45, 7) is 3.72. The Hall–Kier alpha value is -2.13. The maximum Gasteiger partial charge on any atom is 0.249 e. The van der Waals surface area contributed by atoms with E-state index >= 15 is 0 Å². The lowest BCUT2D eigenvalue weighted by Gasteiger charge is -2.32. The Bertz CT molecular complexity index is 881. The van der Waals surface area contributed by atoms with Gasteiger partial charge in [-0.15, -0.1) is 0 Å². The predicted octanol–water partition coefficient (Wildman–Crippen LogP) is 2.60. The number of benzene rings is 1. The van der Waals surface area contributed by atoms with E-state index in [0.29, 0.717) is 24.5 Å². The quantitative estimate of drug-likeness (QED) is 0.812. The molecule has 0 aliphatic carbocycles. The fourth-order valence-corrected chi connectivity index (χ4v) is 4.61. The molecule has 2 aromatic rings. The number of ether oxygens (including phenoxy) is 1. The smallest absolute Gasteiger partial charge is 0.249 e. The highest BCUT2D eigenvalue weighted by Gasteiger charge is 2.35. The van der Waals surface area contributed by atoms with Crippen molar-refractivity contribution < 1.29 is 21.9 Å². The molecule has 26 heavy (non-hydrogen) atoms. The van der Waals surface area contributed by atoms with Crippen LogP contribution < -0.4 is 4.74 Å². The summed E-state index contributed by atoms with van der Waals surface area (Å²) in [5, 5.41) is 0. The first kappa shape index (κ1) is 18.7. The van der Waals surface area contributed by atoms with Gasteiger partial charge in [-0.25, -0.2) is 22.2 Å². The first-order valence-electron chi connectivity index (χ1n) is 8.20. The van der Waals surface area contributed by atoms with Gasteiger partial charge < -0.3 is 4.74 Å². The Morgan fingerprint density at radius 2 is 1.88 bits per heavy atom. The van der Waals surface area contributed by atoms with Gasteiger partial charge >= 0.3 is 0 Å². The zero-order valence-electron chi connectivity index (χ0n) is 14.4. The van der Waals surface area contributed by atoms with Crippen LogP contribution in [-0.2, 0) is 10.0 Å². The maximum absolute atomic E-state index is 13.9. The summed E-state index contributed by atoms with van der Waals surface area (Å²) < 4.78 is 60.1. The number of rotatable bonds is 4. The van der Waals surface area contributed by atoms with E-state index in [-0.39, 0.29) is 13.1 Å². The number of nitrogens with zero attached hydrogens (tertiary/aromatic N) is 3. The van der Waals surface area contributed by atoms with Crippen molar-refractivity contribution in [3.8, 4) is 5.88 Å². The minimum absolute atomic E-state index is 0.00178. The topological polar surface area (TPSA) is 72.4 Å². The number of halogens is 2. The van der Waals surface area contributed by atoms with Gasteiger partial charge in [0, 0.05) is 18.3 Å². The van der Waals surface area contributed by atoms with Crippen LogP contribution in [-0.4, -0.2) is 41.9 Å². The highest BCUT2D eigenvalue weighted by molar-refractivity contribution is 7.89. The normalized spacial score (nSPS) is 18.7. The lowest BCUT2D eigenvalue weighted by Crippen LogP contribution is -2.44. The molecule has 0 N–H and O–H groups in total. The predicted molar refractivity (Wildman–Crippen MR) is 90.3 cm³/mol. The SMILES string of the molecule is Cc1cc(OC2CCCN(S(=O)(=O)c3c(F)cccc3F)C2)nc(C)n1. The van der Waals surface area contributed by atoms with Crippen LogP contribution >= 0.6 is 0 Å². The summed E-state index contributed by atoms with van der Waals surface area (Å²) in [6.07, 6.45) is 0.679. The first-order valence-corrected chi connectivity index (χ1v) is 9.64. The second-order valence-corrected chi connectivity index (χ2v) is 8.07. The molecule has 1 fully saturated rings. The minimum Gasteiger partial charge on any atom is -0.473 e. The molecule has 1 saturated heterocycles. The second-order valence-electron chi connectivity index (χ2n) is 6.19. The molecule has 1 unspecified atom stereocenters. The van der Waals surface area contributed by atoms with Crippen LogP contribution in [0.15, 0.2) is 29.2 Å². The van der Waals surface area contributed by atoms with Crippen molar-refractivity contribution in [3.63, 3.8) is 0 Å². The zero-order valence-corrected chi connectivity index (χ0v) is 15.3. The van der Waals surface area contributed by atoms with Gasteiger partial charge in [0.1, 0.15) is 23.6 Å². The minimum atomic E-state index is -4.29. The van der Waals surface area contributed by atoms with Crippen molar-refractivity contribution in [1.29, 1.82) is 0 Å². The molecule has 140 valence electrons. The van der Waals surface area contributed by atoms with E-state index in [9.17, 15) is 17.2 Å². The van der Waals surface area contributed by atoms with Crippen LogP contribution in [0.1, 0.15) is 24.4 Å². The summed E-state index contributed by atoms with van der Waals surface area (Å²) in [6, 6.07) is 4.66. The Kier molecular flexibility index (Phi) is 5.19. The molecule has 3 rings (SSSR count). The average Bonchev–Trinajstić information content (AvgIpc) is 2.53. The van der Waals surface area contributed by atoms with Crippen LogP contribution in [0, 0.1) is 25.5 Å². The second kappa shape index (κ2) is 7.24. The number of aromatic nitrogens is 2. The van der Waals surface area contributed by atoms with Crippen molar-refractivity contribution in [2.75, 3.05) is 13.1 Å². The maximum atomic E-state index is 13.9. The Balaban J connectivity index is 1.81. The molecule has 0 radical (unpaired) electrons. The molecule has 0 saturated carbocycles. The summed E-state index contributed by atoms with van der Waals surface area (Å²) in [4.78, 5) is 7.42. The van der Waals surface area contributed by atoms with Crippen molar-refractivity contribution in [2.45, 2.75) is 37.7 Å². The van der Waals surface area contributed by atoms with Crippen molar-refractivity contribution in [1.82, 2.24) is 14.3 Å². The van der Waals surface area contributed by atoms with Gasteiger partial charge in [-0.2, -0.15) is 9.29 Å². The molecule has 2 heterocycles. The van der Waals surface area contributed by atoms with E-state index in [0.717, 1.165) is 28.2 Å². The van der Waals surface area contributed by atoms with Crippen molar-refractivity contribution >= 4 is 10.0 Å².